The Morgan fingerprint density at radius 3 is 2.67 bits per heavy atom. The van der Waals surface area contributed by atoms with Gasteiger partial charge in [-0.15, -0.1) is 0 Å². The normalized spacial score (nSPS) is 16.8. The molecule has 0 unspecified atom stereocenters. The third-order valence-corrected chi connectivity index (χ3v) is 9.18. The van der Waals surface area contributed by atoms with Gasteiger partial charge in [-0.25, -0.2) is 13.4 Å². The molecule has 9 nitrogen and oxygen atoms in total. The second-order valence-electron chi connectivity index (χ2n) is 10.4. The molecule has 5 rings (SSSR count). The van der Waals surface area contributed by atoms with Crippen molar-refractivity contribution in [1.29, 1.82) is 5.26 Å². The topological polar surface area (TPSA) is 125 Å². The lowest BCUT2D eigenvalue weighted by Crippen LogP contribution is -2.35. The minimum atomic E-state index is -3.88. The van der Waals surface area contributed by atoms with E-state index in [0.29, 0.717) is 11.3 Å². The number of pyridine rings is 2. The molecule has 0 radical (unpaired) electrons. The van der Waals surface area contributed by atoms with Crippen LogP contribution in [0.5, 0.6) is 5.88 Å². The Morgan fingerprint density at radius 2 is 1.93 bits per heavy atom. The van der Waals surface area contributed by atoms with Gasteiger partial charge in [-0.05, 0) is 85.0 Å². The Hall–Kier alpha value is -4.59. The van der Waals surface area contributed by atoms with Gasteiger partial charge in [0.15, 0.2) is 0 Å². The van der Waals surface area contributed by atoms with E-state index in [1.807, 2.05) is 51.1 Å². The van der Waals surface area contributed by atoms with Crippen LogP contribution >= 0.6 is 0 Å². The predicted molar refractivity (Wildman–Crippen MR) is 158 cm³/mol. The minimum Gasteiger partial charge on any atom is -0.472 e. The maximum absolute atomic E-state index is 13.7. The fourth-order valence-corrected chi connectivity index (χ4v) is 6.77. The van der Waals surface area contributed by atoms with Gasteiger partial charge in [-0.3, -0.25) is 9.78 Å². The van der Waals surface area contributed by atoms with Gasteiger partial charge in [0, 0.05) is 31.3 Å². The average molecular weight is 582 g/mol. The number of carbonyl (C=O) groups excluding carboxylic acids is 1. The molecule has 0 bridgehead atoms. The van der Waals surface area contributed by atoms with Crippen LogP contribution in [0.4, 0.5) is 5.69 Å². The van der Waals surface area contributed by atoms with Gasteiger partial charge in [0.05, 0.1) is 30.1 Å². The van der Waals surface area contributed by atoms with E-state index in [0.717, 1.165) is 27.8 Å². The van der Waals surface area contributed by atoms with Crippen molar-refractivity contribution < 1.29 is 17.9 Å². The Kier molecular flexibility index (Phi) is 8.34. The number of hydrogen-bond acceptors (Lipinski definition) is 7. The van der Waals surface area contributed by atoms with Crippen molar-refractivity contribution >= 4 is 21.6 Å². The van der Waals surface area contributed by atoms with Crippen LogP contribution in [0.2, 0.25) is 0 Å². The van der Waals surface area contributed by atoms with Crippen LogP contribution in [0.25, 0.3) is 0 Å². The number of benzene rings is 2. The summed E-state index contributed by atoms with van der Waals surface area (Å²) in [6.45, 7) is 5.98. The van der Waals surface area contributed by atoms with E-state index < -0.39 is 16.1 Å². The van der Waals surface area contributed by atoms with Crippen LogP contribution in [0.3, 0.4) is 0 Å². The first-order valence-electron chi connectivity index (χ1n) is 13.6. The maximum Gasteiger partial charge on any atom is 0.248 e. The van der Waals surface area contributed by atoms with E-state index >= 15 is 0 Å². The van der Waals surface area contributed by atoms with Crippen LogP contribution < -0.4 is 10.1 Å². The number of anilines is 1. The fourth-order valence-electron chi connectivity index (χ4n) is 5.21. The van der Waals surface area contributed by atoms with E-state index in [4.69, 9.17) is 4.74 Å². The maximum atomic E-state index is 13.7. The molecule has 0 fully saturated rings. The number of sulfonamides is 1. The summed E-state index contributed by atoms with van der Waals surface area (Å²) in [4.78, 5) is 21.5. The molecule has 3 heterocycles. The highest BCUT2D eigenvalue weighted by Gasteiger charge is 2.34. The van der Waals surface area contributed by atoms with Crippen molar-refractivity contribution in [3.05, 3.63) is 113 Å². The van der Waals surface area contributed by atoms with Gasteiger partial charge >= 0.3 is 0 Å². The van der Waals surface area contributed by atoms with Gasteiger partial charge in [0.2, 0.25) is 21.8 Å². The first kappa shape index (κ1) is 28.9. The highest BCUT2D eigenvalue weighted by molar-refractivity contribution is 7.89. The first-order chi connectivity index (χ1) is 20.2. The number of nitrogens with zero attached hydrogens (tertiary/aromatic N) is 4. The number of nitriles is 1. The molecule has 0 saturated heterocycles. The van der Waals surface area contributed by atoms with E-state index in [1.165, 1.54) is 16.6 Å². The standard InChI is InChI=1S/C32H31N5O4S/c1-21-8-10-25(15-26(21)20-37-19-23(3)41-32-30(42(37,39)40)7-5-13-35-32)29(28-11-9-24(17-33)14-22(28)2)16-31(38)36-27-6-4-12-34-18-27/h4-15,18,23,29H,16,19-20H2,1-3H3,(H,36,38)/t23-,29+/m1/s1. The third kappa shape index (κ3) is 6.17. The van der Waals surface area contributed by atoms with Gasteiger partial charge in [0.1, 0.15) is 11.0 Å². The van der Waals surface area contributed by atoms with Gasteiger partial charge in [0.25, 0.3) is 0 Å². The number of hydrogen-bond donors (Lipinski definition) is 1. The molecule has 2 atom stereocenters. The van der Waals surface area contributed by atoms with E-state index in [2.05, 4.69) is 21.4 Å². The lowest BCUT2D eigenvalue weighted by Gasteiger charge is -2.24. The molecule has 1 N–H and O–H groups in total. The zero-order chi connectivity index (χ0) is 29.9. The Morgan fingerprint density at radius 1 is 1.12 bits per heavy atom. The summed E-state index contributed by atoms with van der Waals surface area (Å²) in [5.41, 5.74) is 5.54. The van der Waals surface area contributed by atoms with Crippen LogP contribution in [-0.4, -0.2) is 41.2 Å². The summed E-state index contributed by atoms with van der Waals surface area (Å²) in [6.07, 6.45) is 4.48. The van der Waals surface area contributed by atoms with Crippen LogP contribution in [0.1, 0.15) is 52.6 Å². The number of fused-ring (bicyclic) bond motifs is 1. The highest BCUT2D eigenvalue weighted by Crippen LogP contribution is 2.34. The van der Waals surface area contributed by atoms with Crippen molar-refractivity contribution in [3.8, 4) is 11.9 Å². The molecule has 2 aromatic carbocycles. The molecule has 0 saturated carbocycles. The second-order valence-corrected chi connectivity index (χ2v) is 12.4. The van der Waals surface area contributed by atoms with E-state index in [1.54, 1.807) is 36.7 Å². The number of aryl methyl sites for hydroxylation is 2. The molecule has 1 aliphatic rings. The fraction of sp³-hybridized carbons (Fsp3) is 0.250. The number of nitrogens with one attached hydrogen (secondary N) is 1. The Bertz CT molecular complexity index is 1770. The summed E-state index contributed by atoms with van der Waals surface area (Å²) in [6, 6.07) is 20.1. The van der Waals surface area contributed by atoms with Crippen LogP contribution in [-0.2, 0) is 21.4 Å². The summed E-state index contributed by atoms with van der Waals surface area (Å²) in [5, 5.41) is 12.3. The lowest BCUT2D eigenvalue weighted by atomic mass is 9.84. The van der Waals surface area contributed by atoms with E-state index in [9.17, 15) is 18.5 Å². The van der Waals surface area contributed by atoms with E-state index in [-0.39, 0.29) is 42.1 Å². The average Bonchev–Trinajstić information content (AvgIpc) is 3.06. The molecule has 214 valence electrons. The number of aromatic nitrogens is 2. The molecule has 42 heavy (non-hydrogen) atoms. The number of rotatable bonds is 7. The molecule has 1 amide bonds. The minimum absolute atomic E-state index is 0.0429. The summed E-state index contributed by atoms with van der Waals surface area (Å²) < 4.78 is 34.6. The largest absolute Gasteiger partial charge is 0.472 e. The second kappa shape index (κ2) is 12.1. The number of amides is 1. The summed E-state index contributed by atoms with van der Waals surface area (Å²) in [7, 11) is -3.88. The van der Waals surface area contributed by atoms with Crippen molar-refractivity contribution in [2.75, 3.05) is 11.9 Å². The third-order valence-electron chi connectivity index (χ3n) is 7.36. The van der Waals surface area contributed by atoms with Gasteiger partial charge in [-0.2, -0.15) is 9.57 Å². The predicted octanol–water partition coefficient (Wildman–Crippen LogP) is 5.10. The summed E-state index contributed by atoms with van der Waals surface area (Å²) >= 11 is 0. The molecular formula is C32H31N5O4S. The smallest absolute Gasteiger partial charge is 0.248 e. The lowest BCUT2D eigenvalue weighted by molar-refractivity contribution is -0.116. The zero-order valence-electron chi connectivity index (χ0n) is 23.6. The van der Waals surface area contributed by atoms with Crippen molar-refractivity contribution in [2.24, 2.45) is 0 Å². The monoisotopic (exact) mass is 581 g/mol. The van der Waals surface area contributed by atoms with Crippen molar-refractivity contribution in [3.63, 3.8) is 0 Å². The molecule has 2 aromatic heterocycles. The zero-order valence-corrected chi connectivity index (χ0v) is 24.4. The first-order valence-corrected chi connectivity index (χ1v) is 15.0. The number of ether oxygens (including phenoxy) is 1. The SMILES string of the molecule is Cc1ccc([C@H](CC(=O)Nc2cccnc2)c2ccc(C#N)cc2C)cc1CN1C[C@@H](C)Oc2ncccc2S1(=O)=O. The van der Waals surface area contributed by atoms with Gasteiger partial charge in [-0.1, -0.05) is 24.3 Å². The molecule has 0 spiro atoms. The molecule has 0 aliphatic carbocycles. The van der Waals surface area contributed by atoms with Crippen LogP contribution in [0.15, 0.2) is 84.1 Å². The quantitative estimate of drug-likeness (QED) is 0.322. The molecule has 10 heteroatoms. The molecule has 1 aliphatic heterocycles. The van der Waals surface area contributed by atoms with Crippen molar-refractivity contribution in [2.45, 2.75) is 50.7 Å². The molecule has 4 aromatic rings. The Labute approximate surface area is 245 Å². The van der Waals surface area contributed by atoms with Crippen molar-refractivity contribution in [1.82, 2.24) is 14.3 Å². The Balaban J connectivity index is 1.51. The van der Waals surface area contributed by atoms with Gasteiger partial charge < -0.3 is 10.1 Å². The highest BCUT2D eigenvalue weighted by atomic mass is 32.2. The summed E-state index contributed by atoms with van der Waals surface area (Å²) in [5.74, 6) is -0.431. The van der Waals surface area contributed by atoms with Crippen LogP contribution in [0, 0.1) is 25.2 Å². The number of carbonyl (C=O) groups is 1. The molecular weight excluding hydrogens is 550 g/mol.